The first-order chi connectivity index (χ1) is 6.13. The molecule has 70 valence electrons. The Morgan fingerprint density at radius 1 is 1.31 bits per heavy atom. The zero-order chi connectivity index (χ0) is 9.47. The molecule has 2 rings (SSSR count). The molecule has 1 unspecified atom stereocenters. The van der Waals surface area contributed by atoms with Crippen molar-refractivity contribution in [1.82, 2.24) is 0 Å². The Labute approximate surface area is 86.9 Å². The molecule has 0 saturated heterocycles. The Hall–Kier alpha value is -0.120. The van der Waals surface area contributed by atoms with E-state index in [1.165, 1.54) is 15.4 Å². The van der Waals surface area contributed by atoms with Gasteiger partial charge in [0.05, 0.1) is 10.7 Å². The van der Waals surface area contributed by atoms with Gasteiger partial charge in [0, 0.05) is 9.79 Å². The maximum Gasteiger partial charge on any atom is 0.0907 e. The molecule has 1 N–H and O–H groups in total. The zero-order valence-corrected chi connectivity index (χ0v) is 9.34. The van der Waals surface area contributed by atoms with Gasteiger partial charge in [-0.15, -0.1) is 23.5 Å². The molecule has 0 spiro atoms. The molecular formula is C10H12OS2. The molecule has 0 bridgehead atoms. The van der Waals surface area contributed by atoms with E-state index in [9.17, 15) is 5.11 Å². The fourth-order valence-corrected chi connectivity index (χ4v) is 4.05. The molecule has 1 aromatic carbocycles. The second-order valence-electron chi connectivity index (χ2n) is 3.45. The molecular weight excluding hydrogens is 200 g/mol. The van der Waals surface area contributed by atoms with Crippen molar-refractivity contribution in [2.24, 2.45) is 0 Å². The average Bonchev–Trinajstić information content (AvgIpc) is 2.42. The topological polar surface area (TPSA) is 20.2 Å². The van der Waals surface area contributed by atoms with E-state index in [1.54, 1.807) is 23.5 Å². The Balaban J connectivity index is 2.35. The van der Waals surface area contributed by atoms with Gasteiger partial charge in [-0.3, -0.25) is 0 Å². The lowest BCUT2D eigenvalue weighted by Gasteiger charge is -2.16. The highest BCUT2D eigenvalue weighted by Crippen LogP contribution is 2.55. The summed E-state index contributed by atoms with van der Waals surface area (Å²) in [6, 6.07) is 6.45. The molecule has 0 aliphatic carbocycles. The van der Waals surface area contributed by atoms with E-state index in [0.717, 1.165) is 0 Å². The summed E-state index contributed by atoms with van der Waals surface area (Å²) in [5.74, 6) is 0. The standard InChI is InChI=1S/C10H12OS2/c1-7-3-4-8-9(5-7)13-10(2,6-11)12-8/h3-5,11H,6H2,1-2H3. The van der Waals surface area contributed by atoms with E-state index in [4.69, 9.17) is 0 Å². The van der Waals surface area contributed by atoms with E-state index in [1.807, 2.05) is 0 Å². The van der Waals surface area contributed by atoms with Gasteiger partial charge in [-0.1, -0.05) is 6.07 Å². The monoisotopic (exact) mass is 212 g/mol. The lowest BCUT2D eigenvalue weighted by Crippen LogP contribution is -2.16. The van der Waals surface area contributed by atoms with Crippen LogP contribution in [0.3, 0.4) is 0 Å². The van der Waals surface area contributed by atoms with Gasteiger partial charge in [-0.25, -0.2) is 0 Å². The number of aliphatic hydroxyl groups is 1. The van der Waals surface area contributed by atoms with Crippen LogP contribution < -0.4 is 0 Å². The minimum atomic E-state index is -0.0733. The lowest BCUT2D eigenvalue weighted by molar-refractivity contribution is 0.291. The predicted molar refractivity (Wildman–Crippen MR) is 58.4 cm³/mol. The average molecular weight is 212 g/mol. The van der Waals surface area contributed by atoms with Crippen LogP contribution in [0.2, 0.25) is 0 Å². The van der Waals surface area contributed by atoms with Gasteiger partial charge in [0.15, 0.2) is 0 Å². The molecule has 1 aromatic rings. The van der Waals surface area contributed by atoms with Crippen LogP contribution in [0, 0.1) is 6.92 Å². The molecule has 0 radical (unpaired) electrons. The van der Waals surface area contributed by atoms with Crippen molar-refractivity contribution in [2.45, 2.75) is 27.7 Å². The minimum absolute atomic E-state index is 0.0733. The summed E-state index contributed by atoms with van der Waals surface area (Å²) in [6.45, 7) is 4.40. The number of aryl methyl sites for hydroxylation is 1. The Morgan fingerprint density at radius 2 is 2.00 bits per heavy atom. The van der Waals surface area contributed by atoms with Crippen molar-refractivity contribution in [3.8, 4) is 0 Å². The first kappa shape index (κ1) is 9.44. The fourth-order valence-electron chi connectivity index (χ4n) is 1.33. The van der Waals surface area contributed by atoms with Crippen molar-refractivity contribution in [3.05, 3.63) is 23.8 Å². The highest BCUT2D eigenvalue weighted by molar-refractivity contribution is 8.20. The van der Waals surface area contributed by atoms with Crippen LogP contribution in [0.15, 0.2) is 28.0 Å². The SMILES string of the molecule is Cc1ccc2c(c1)SC(C)(CO)S2. The van der Waals surface area contributed by atoms with Crippen molar-refractivity contribution < 1.29 is 5.11 Å². The van der Waals surface area contributed by atoms with Crippen molar-refractivity contribution >= 4 is 23.5 Å². The summed E-state index contributed by atoms with van der Waals surface area (Å²) in [4.78, 5) is 2.61. The van der Waals surface area contributed by atoms with Gasteiger partial charge in [-0.2, -0.15) is 0 Å². The largest absolute Gasteiger partial charge is 0.394 e. The second-order valence-corrected chi connectivity index (χ2v) is 6.79. The van der Waals surface area contributed by atoms with Crippen LogP contribution in [0.4, 0.5) is 0 Å². The Bertz CT molecular complexity index is 338. The first-order valence-electron chi connectivity index (χ1n) is 4.22. The Kier molecular flexibility index (Phi) is 2.34. The number of thioether (sulfide) groups is 2. The van der Waals surface area contributed by atoms with Gasteiger partial charge in [0.25, 0.3) is 0 Å². The van der Waals surface area contributed by atoms with Crippen LogP contribution in [-0.4, -0.2) is 15.8 Å². The molecule has 13 heavy (non-hydrogen) atoms. The lowest BCUT2D eigenvalue weighted by atomic mass is 10.2. The molecule has 0 amide bonds. The summed E-state index contributed by atoms with van der Waals surface area (Å²) < 4.78 is -0.0733. The van der Waals surface area contributed by atoms with E-state index < -0.39 is 0 Å². The zero-order valence-electron chi connectivity index (χ0n) is 7.70. The number of fused-ring (bicyclic) bond motifs is 1. The summed E-state index contributed by atoms with van der Waals surface area (Å²) in [7, 11) is 0. The molecule has 1 nitrogen and oxygen atoms in total. The van der Waals surface area contributed by atoms with Gasteiger partial charge < -0.3 is 5.11 Å². The summed E-state index contributed by atoms with van der Waals surface area (Å²) in [5, 5.41) is 9.23. The highest BCUT2D eigenvalue weighted by atomic mass is 32.2. The van der Waals surface area contributed by atoms with Crippen molar-refractivity contribution in [2.75, 3.05) is 6.61 Å². The summed E-state index contributed by atoms with van der Waals surface area (Å²) >= 11 is 3.53. The second kappa shape index (κ2) is 3.23. The van der Waals surface area contributed by atoms with Crippen molar-refractivity contribution in [3.63, 3.8) is 0 Å². The molecule has 1 aliphatic heterocycles. The molecule has 0 saturated carbocycles. The predicted octanol–water partition coefficient (Wildman–Crippen LogP) is 2.90. The normalized spacial score (nSPS) is 26.1. The number of rotatable bonds is 1. The molecule has 1 aliphatic rings. The van der Waals surface area contributed by atoms with Gasteiger partial charge in [-0.05, 0) is 31.5 Å². The van der Waals surface area contributed by atoms with Crippen LogP contribution >= 0.6 is 23.5 Å². The third-order valence-corrected chi connectivity index (χ3v) is 4.92. The number of benzene rings is 1. The number of hydrogen-bond donors (Lipinski definition) is 1. The third-order valence-electron chi connectivity index (χ3n) is 2.04. The van der Waals surface area contributed by atoms with Crippen LogP contribution in [0.1, 0.15) is 12.5 Å². The van der Waals surface area contributed by atoms with E-state index in [0.29, 0.717) is 0 Å². The fraction of sp³-hybridized carbons (Fsp3) is 0.400. The number of hydrogen-bond acceptors (Lipinski definition) is 3. The maximum atomic E-state index is 9.23. The number of aliphatic hydroxyl groups excluding tert-OH is 1. The summed E-state index contributed by atoms with van der Waals surface area (Å²) in [5.41, 5.74) is 1.29. The molecule has 0 aromatic heterocycles. The Morgan fingerprint density at radius 3 is 2.69 bits per heavy atom. The molecule has 1 atom stereocenters. The smallest absolute Gasteiger partial charge is 0.0907 e. The van der Waals surface area contributed by atoms with Crippen LogP contribution in [-0.2, 0) is 0 Å². The van der Waals surface area contributed by atoms with E-state index in [2.05, 4.69) is 32.0 Å². The van der Waals surface area contributed by atoms with Crippen molar-refractivity contribution in [1.29, 1.82) is 0 Å². The molecule has 3 heteroatoms. The van der Waals surface area contributed by atoms with Crippen LogP contribution in [0.5, 0.6) is 0 Å². The molecule has 0 fully saturated rings. The first-order valence-corrected chi connectivity index (χ1v) is 5.86. The highest BCUT2D eigenvalue weighted by Gasteiger charge is 2.34. The molecule has 1 heterocycles. The van der Waals surface area contributed by atoms with Crippen LogP contribution in [0.25, 0.3) is 0 Å². The van der Waals surface area contributed by atoms with Gasteiger partial charge in [0.1, 0.15) is 0 Å². The van der Waals surface area contributed by atoms with Gasteiger partial charge >= 0.3 is 0 Å². The van der Waals surface area contributed by atoms with E-state index in [-0.39, 0.29) is 10.7 Å². The summed E-state index contributed by atoms with van der Waals surface area (Å²) in [6.07, 6.45) is 0. The minimum Gasteiger partial charge on any atom is -0.394 e. The third kappa shape index (κ3) is 1.73. The van der Waals surface area contributed by atoms with E-state index >= 15 is 0 Å². The van der Waals surface area contributed by atoms with Gasteiger partial charge in [0.2, 0.25) is 0 Å². The maximum absolute atomic E-state index is 9.23. The quantitative estimate of drug-likeness (QED) is 0.773.